The summed E-state index contributed by atoms with van der Waals surface area (Å²) in [7, 11) is -5.71. The molecule has 0 spiro atoms. The van der Waals surface area contributed by atoms with Crippen molar-refractivity contribution in [3.05, 3.63) is 110 Å². The molecule has 1 aliphatic carbocycles. The van der Waals surface area contributed by atoms with Gasteiger partial charge in [-0.2, -0.15) is 17.2 Å². The molecule has 0 atom stereocenters. The Hall–Kier alpha value is -3.82. The minimum atomic E-state index is -5.71. The number of esters is 2. The summed E-state index contributed by atoms with van der Waals surface area (Å²) >= 11 is 1.85. The molecule has 0 bridgehead atoms. The first-order valence-electron chi connectivity index (χ1n) is 11.1. The molecule has 0 aromatic heterocycles. The number of halogens is 5. The van der Waals surface area contributed by atoms with Crippen molar-refractivity contribution in [3.8, 4) is 22.6 Å². The van der Waals surface area contributed by atoms with Crippen molar-refractivity contribution in [2.24, 2.45) is 0 Å². The molecule has 1 N–H and O–H groups in total. The van der Waals surface area contributed by atoms with E-state index in [2.05, 4.69) is 4.74 Å². The first-order chi connectivity index (χ1) is 18.9. The second-order valence-corrected chi connectivity index (χ2v) is 11.1. The van der Waals surface area contributed by atoms with Gasteiger partial charge in [0.2, 0.25) is 17.4 Å². The van der Waals surface area contributed by atoms with Crippen molar-refractivity contribution < 1.29 is 49.6 Å². The molecule has 7 nitrogen and oxygen atoms in total. The predicted molar refractivity (Wildman–Crippen MR) is 140 cm³/mol. The van der Waals surface area contributed by atoms with Gasteiger partial charge in [-0.15, -0.1) is 0 Å². The van der Waals surface area contributed by atoms with Crippen molar-refractivity contribution in [1.82, 2.24) is 0 Å². The zero-order chi connectivity index (χ0) is 28.9. The normalized spacial score (nSPS) is 12.6. The van der Waals surface area contributed by atoms with Gasteiger partial charge in [-0.3, -0.25) is 9.35 Å². The lowest BCUT2D eigenvalue weighted by molar-refractivity contribution is -0.135. The Kier molecular flexibility index (Phi) is 7.14. The summed E-state index contributed by atoms with van der Waals surface area (Å²) in [4.78, 5) is 24.0. The molecule has 0 amide bonds. The third kappa shape index (κ3) is 4.73. The number of hydrogen-bond acceptors (Lipinski definition) is 6. The van der Waals surface area contributed by atoms with E-state index in [0.29, 0.717) is 14.7 Å². The quantitative estimate of drug-likeness (QED) is 0.0684. The number of rotatable bonds is 5. The summed E-state index contributed by atoms with van der Waals surface area (Å²) in [6.07, 6.45) is 0. The molecule has 0 aliphatic heterocycles. The van der Waals surface area contributed by atoms with Crippen LogP contribution in [0.25, 0.3) is 11.1 Å². The van der Waals surface area contributed by atoms with Gasteiger partial charge in [-0.25, -0.2) is 13.6 Å². The summed E-state index contributed by atoms with van der Waals surface area (Å²) < 4.78 is 99.1. The Morgan fingerprint density at radius 3 is 1.82 bits per heavy atom. The number of ether oxygens (including phenoxy) is 2. The number of carbonyl (C=O) groups excluding carboxylic acids is 2. The van der Waals surface area contributed by atoms with Crippen molar-refractivity contribution in [1.29, 1.82) is 0 Å². The number of hydrogen-bond donors (Lipinski definition) is 1. The van der Waals surface area contributed by atoms with E-state index in [1.165, 1.54) is 12.1 Å². The maximum Gasteiger partial charge on any atom is 0.347 e. The average Bonchev–Trinajstić information content (AvgIpc) is 3.24. The highest BCUT2D eigenvalue weighted by Gasteiger charge is 2.37. The Morgan fingerprint density at radius 2 is 1.30 bits per heavy atom. The van der Waals surface area contributed by atoms with Gasteiger partial charge < -0.3 is 9.47 Å². The zero-order valence-corrected chi connectivity index (χ0v) is 22.6. The second kappa shape index (κ2) is 10.3. The number of benzene rings is 4. The molecule has 0 radical (unpaired) electrons. The molecule has 13 heteroatoms. The SMILES string of the molecule is O=C(Oc1c(F)c(F)c(S(=O)(=O)O)c(F)c1F)c1ccc(I)cc1OC(=O)C1c2ccccc2-c2ccccc21. The molecule has 0 unspecified atom stereocenters. The predicted octanol–water partition coefficient (Wildman–Crippen LogP) is 6.03. The third-order valence-electron chi connectivity index (χ3n) is 6.08. The molecular formula is C27H13F4IO7S. The highest BCUT2D eigenvalue weighted by molar-refractivity contribution is 14.1. The molecule has 0 fully saturated rings. The van der Waals surface area contributed by atoms with Gasteiger partial charge in [-0.1, -0.05) is 48.5 Å². The molecule has 4 aromatic rings. The van der Waals surface area contributed by atoms with Gasteiger partial charge in [0.25, 0.3) is 0 Å². The monoisotopic (exact) mass is 684 g/mol. The molecule has 0 saturated heterocycles. The second-order valence-electron chi connectivity index (χ2n) is 8.45. The van der Waals surface area contributed by atoms with E-state index in [4.69, 9.17) is 9.29 Å². The summed E-state index contributed by atoms with van der Waals surface area (Å²) in [5.74, 6) is -15.3. The van der Waals surface area contributed by atoms with E-state index in [0.717, 1.165) is 17.2 Å². The first kappa shape index (κ1) is 27.7. The van der Waals surface area contributed by atoms with Gasteiger partial charge >= 0.3 is 22.1 Å². The summed E-state index contributed by atoms with van der Waals surface area (Å²) in [6.45, 7) is 0. The maximum atomic E-state index is 14.4. The van der Waals surface area contributed by atoms with Gasteiger partial charge in [0.05, 0.1) is 0 Å². The van der Waals surface area contributed by atoms with E-state index in [1.807, 2.05) is 46.9 Å². The summed E-state index contributed by atoms with van der Waals surface area (Å²) in [5, 5.41) is 0. The Balaban J connectivity index is 1.50. The lowest BCUT2D eigenvalue weighted by Crippen LogP contribution is -2.21. The van der Waals surface area contributed by atoms with Gasteiger partial charge in [-0.05, 0) is 63.0 Å². The molecule has 0 heterocycles. The fourth-order valence-corrected chi connectivity index (χ4v) is 5.48. The topological polar surface area (TPSA) is 107 Å². The van der Waals surface area contributed by atoms with Gasteiger partial charge in [0, 0.05) is 3.57 Å². The smallest absolute Gasteiger partial charge is 0.347 e. The van der Waals surface area contributed by atoms with Crippen LogP contribution in [-0.4, -0.2) is 24.9 Å². The molecule has 4 aromatic carbocycles. The lowest BCUT2D eigenvalue weighted by atomic mass is 9.97. The molecular weight excluding hydrogens is 671 g/mol. The number of fused-ring (bicyclic) bond motifs is 3. The van der Waals surface area contributed by atoms with Crippen molar-refractivity contribution in [3.63, 3.8) is 0 Å². The van der Waals surface area contributed by atoms with Crippen LogP contribution in [0.2, 0.25) is 0 Å². The van der Waals surface area contributed by atoms with Crippen LogP contribution >= 0.6 is 22.6 Å². The lowest BCUT2D eigenvalue weighted by Gasteiger charge is -2.16. The van der Waals surface area contributed by atoms with E-state index in [9.17, 15) is 35.6 Å². The summed E-state index contributed by atoms with van der Waals surface area (Å²) in [6, 6.07) is 18.0. The zero-order valence-electron chi connectivity index (χ0n) is 19.6. The van der Waals surface area contributed by atoms with Crippen LogP contribution in [0.15, 0.2) is 71.6 Å². The first-order valence-corrected chi connectivity index (χ1v) is 13.7. The van der Waals surface area contributed by atoms with E-state index in [-0.39, 0.29) is 5.75 Å². The van der Waals surface area contributed by atoms with Crippen LogP contribution in [-0.2, 0) is 14.9 Å². The average molecular weight is 684 g/mol. The molecule has 40 heavy (non-hydrogen) atoms. The Bertz CT molecular complexity index is 1770. The van der Waals surface area contributed by atoms with Crippen molar-refractivity contribution in [2.45, 2.75) is 10.8 Å². The standard InChI is InChI=1S/C27H13F4IO7S/c28-20-22(30)25(40(35,36)37)23(31)21(29)24(20)39-26(33)17-10-9-12(32)11-18(17)38-27(34)19-15-7-3-1-5-13(15)14-6-2-4-8-16(14)19/h1-11,19H,(H,35,36,37). The minimum Gasteiger partial charge on any atom is -0.425 e. The fourth-order valence-electron chi connectivity index (χ4n) is 4.38. The van der Waals surface area contributed by atoms with E-state index >= 15 is 0 Å². The molecule has 0 saturated carbocycles. The highest BCUT2D eigenvalue weighted by atomic mass is 127. The Morgan fingerprint density at radius 1 is 0.775 bits per heavy atom. The molecule has 5 rings (SSSR count). The van der Waals surface area contributed by atoms with Crippen LogP contribution in [0.5, 0.6) is 11.5 Å². The van der Waals surface area contributed by atoms with Gasteiger partial charge in [0.15, 0.2) is 16.5 Å². The van der Waals surface area contributed by atoms with Crippen molar-refractivity contribution >= 4 is 44.6 Å². The fraction of sp³-hybridized carbons (Fsp3) is 0.0370. The van der Waals surface area contributed by atoms with Crippen LogP contribution in [0, 0.1) is 26.8 Å². The van der Waals surface area contributed by atoms with Gasteiger partial charge in [0.1, 0.15) is 17.2 Å². The van der Waals surface area contributed by atoms with Crippen LogP contribution in [0.1, 0.15) is 27.4 Å². The maximum absolute atomic E-state index is 14.4. The minimum absolute atomic E-state index is 0.375. The van der Waals surface area contributed by atoms with Crippen LogP contribution in [0.3, 0.4) is 0 Å². The van der Waals surface area contributed by atoms with E-state index < -0.39 is 67.5 Å². The van der Waals surface area contributed by atoms with Crippen LogP contribution in [0.4, 0.5) is 17.6 Å². The van der Waals surface area contributed by atoms with E-state index in [1.54, 1.807) is 24.3 Å². The molecule has 204 valence electrons. The van der Waals surface area contributed by atoms with Crippen LogP contribution < -0.4 is 9.47 Å². The number of carbonyl (C=O) groups is 2. The highest BCUT2D eigenvalue weighted by Crippen LogP contribution is 2.45. The Labute approximate surface area is 237 Å². The summed E-state index contributed by atoms with van der Waals surface area (Å²) in [5.41, 5.74) is 2.39. The third-order valence-corrected chi connectivity index (χ3v) is 7.62. The van der Waals surface area contributed by atoms with Crippen molar-refractivity contribution in [2.75, 3.05) is 0 Å². The molecule has 1 aliphatic rings. The largest absolute Gasteiger partial charge is 0.425 e.